The minimum absolute atomic E-state index is 0.129. The molecule has 1 atom stereocenters. The average molecular weight is 261 g/mol. The summed E-state index contributed by atoms with van der Waals surface area (Å²) in [5.74, 6) is 0.349. The topological polar surface area (TPSA) is 28.2 Å². The molecule has 0 fully saturated rings. The van der Waals surface area contributed by atoms with E-state index in [0.29, 0.717) is 5.82 Å². The maximum absolute atomic E-state index is 12.4. The zero-order valence-electron chi connectivity index (χ0n) is 10.8. The summed E-state index contributed by atoms with van der Waals surface area (Å²) in [6.45, 7) is 2.94. The van der Waals surface area contributed by atoms with Gasteiger partial charge in [-0.1, -0.05) is 6.07 Å². The minimum atomic E-state index is -4.21. The van der Waals surface area contributed by atoms with Crippen LogP contribution in [-0.4, -0.2) is 31.3 Å². The van der Waals surface area contributed by atoms with Gasteiger partial charge < -0.3 is 10.2 Å². The Morgan fingerprint density at radius 2 is 2.06 bits per heavy atom. The third-order valence-electron chi connectivity index (χ3n) is 2.78. The van der Waals surface area contributed by atoms with Gasteiger partial charge in [0.2, 0.25) is 0 Å². The van der Waals surface area contributed by atoms with Crippen molar-refractivity contribution in [3.63, 3.8) is 0 Å². The second-order valence-corrected chi connectivity index (χ2v) is 4.09. The Kier molecular flexibility index (Phi) is 4.95. The number of nitrogens with zero attached hydrogens (tertiary/aromatic N) is 2. The third-order valence-corrected chi connectivity index (χ3v) is 2.78. The lowest BCUT2D eigenvalue weighted by Gasteiger charge is -2.23. The van der Waals surface area contributed by atoms with Crippen LogP contribution in [0.3, 0.4) is 0 Å². The van der Waals surface area contributed by atoms with E-state index in [2.05, 4.69) is 10.3 Å². The van der Waals surface area contributed by atoms with Crippen molar-refractivity contribution in [1.82, 2.24) is 10.3 Å². The molecule has 0 aliphatic carbocycles. The SMILES string of the molecule is CCN(CC(F)(F)F)c1ccc(C(C)NC)cn1. The van der Waals surface area contributed by atoms with E-state index in [-0.39, 0.29) is 12.6 Å². The van der Waals surface area contributed by atoms with E-state index in [1.54, 1.807) is 25.3 Å². The summed E-state index contributed by atoms with van der Waals surface area (Å²) in [4.78, 5) is 5.29. The number of anilines is 1. The molecular formula is C12H18F3N3. The molecule has 1 aromatic rings. The molecule has 1 aromatic heterocycles. The lowest BCUT2D eigenvalue weighted by Crippen LogP contribution is -2.34. The van der Waals surface area contributed by atoms with Crippen molar-refractivity contribution >= 4 is 5.82 Å². The van der Waals surface area contributed by atoms with Gasteiger partial charge >= 0.3 is 6.18 Å². The van der Waals surface area contributed by atoms with E-state index in [4.69, 9.17) is 0 Å². The van der Waals surface area contributed by atoms with Gasteiger partial charge in [-0.2, -0.15) is 13.2 Å². The predicted molar refractivity (Wildman–Crippen MR) is 65.7 cm³/mol. The Balaban J connectivity index is 2.82. The Labute approximate surface area is 105 Å². The van der Waals surface area contributed by atoms with Gasteiger partial charge in [-0.3, -0.25) is 0 Å². The Bertz CT molecular complexity index is 362. The number of halogens is 3. The number of alkyl halides is 3. The van der Waals surface area contributed by atoms with E-state index in [1.165, 1.54) is 4.90 Å². The van der Waals surface area contributed by atoms with Gasteiger partial charge in [-0.15, -0.1) is 0 Å². The van der Waals surface area contributed by atoms with Gasteiger partial charge in [-0.05, 0) is 32.5 Å². The van der Waals surface area contributed by atoms with Gasteiger partial charge in [0, 0.05) is 18.8 Å². The molecule has 1 rings (SSSR count). The summed E-state index contributed by atoms with van der Waals surface area (Å²) in [7, 11) is 1.82. The highest BCUT2D eigenvalue weighted by molar-refractivity contribution is 5.39. The van der Waals surface area contributed by atoms with Crippen LogP contribution in [0.4, 0.5) is 19.0 Å². The highest BCUT2D eigenvalue weighted by Crippen LogP contribution is 2.21. The molecule has 0 aromatic carbocycles. The second-order valence-electron chi connectivity index (χ2n) is 4.09. The minimum Gasteiger partial charge on any atom is -0.348 e. The van der Waals surface area contributed by atoms with Crippen molar-refractivity contribution in [3.8, 4) is 0 Å². The fraction of sp³-hybridized carbons (Fsp3) is 0.583. The Hall–Kier alpha value is -1.30. The van der Waals surface area contributed by atoms with Crippen molar-refractivity contribution in [2.45, 2.75) is 26.1 Å². The first kappa shape index (κ1) is 14.8. The van der Waals surface area contributed by atoms with Crippen LogP contribution in [0.25, 0.3) is 0 Å². The number of hydrogen-bond donors (Lipinski definition) is 1. The number of nitrogens with one attached hydrogen (secondary N) is 1. The Morgan fingerprint density at radius 3 is 2.44 bits per heavy atom. The molecule has 0 bridgehead atoms. The summed E-state index contributed by atoms with van der Waals surface area (Å²) in [6, 6.07) is 3.55. The highest BCUT2D eigenvalue weighted by Gasteiger charge is 2.30. The molecular weight excluding hydrogens is 243 g/mol. The van der Waals surface area contributed by atoms with Crippen LogP contribution in [0.1, 0.15) is 25.5 Å². The first-order valence-electron chi connectivity index (χ1n) is 5.82. The number of aromatic nitrogens is 1. The molecule has 102 valence electrons. The molecule has 1 heterocycles. The van der Waals surface area contributed by atoms with Crippen molar-refractivity contribution in [1.29, 1.82) is 0 Å². The largest absolute Gasteiger partial charge is 0.405 e. The molecule has 0 amide bonds. The summed E-state index contributed by atoms with van der Waals surface area (Å²) in [6.07, 6.45) is -2.61. The first-order chi connectivity index (χ1) is 8.37. The van der Waals surface area contributed by atoms with E-state index in [1.807, 2.05) is 14.0 Å². The van der Waals surface area contributed by atoms with Crippen LogP contribution in [-0.2, 0) is 0 Å². The monoisotopic (exact) mass is 261 g/mol. The van der Waals surface area contributed by atoms with Crippen molar-refractivity contribution in [3.05, 3.63) is 23.9 Å². The van der Waals surface area contributed by atoms with Crippen molar-refractivity contribution in [2.24, 2.45) is 0 Å². The molecule has 0 saturated carbocycles. The van der Waals surface area contributed by atoms with Crippen molar-refractivity contribution in [2.75, 3.05) is 25.0 Å². The van der Waals surface area contributed by atoms with E-state index in [9.17, 15) is 13.2 Å². The van der Waals surface area contributed by atoms with Gasteiger partial charge in [0.25, 0.3) is 0 Å². The Morgan fingerprint density at radius 1 is 1.39 bits per heavy atom. The van der Waals surface area contributed by atoms with E-state index in [0.717, 1.165) is 5.56 Å². The predicted octanol–water partition coefficient (Wildman–Crippen LogP) is 2.75. The molecule has 0 spiro atoms. The number of pyridine rings is 1. The fourth-order valence-corrected chi connectivity index (χ4v) is 1.58. The standard InChI is InChI=1S/C12H18F3N3/c1-4-18(8-12(13,14)15)11-6-5-10(7-17-11)9(2)16-3/h5-7,9,16H,4,8H2,1-3H3. The summed E-state index contributed by atoms with van der Waals surface area (Å²) >= 11 is 0. The maximum atomic E-state index is 12.4. The zero-order valence-corrected chi connectivity index (χ0v) is 10.8. The maximum Gasteiger partial charge on any atom is 0.405 e. The van der Waals surface area contributed by atoms with Gasteiger partial charge in [-0.25, -0.2) is 4.98 Å². The van der Waals surface area contributed by atoms with E-state index >= 15 is 0 Å². The van der Waals surface area contributed by atoms with Crippen LogP contribution in [0.15, 0.2) is 18.3 Å². The van der Waals surface area contributed by atoms with Crippen LogP contribution in [0.5, 0.6) is 0 Å². The first-order valence-corrected chi connectivity index (χ1v) is 5.82. The smallest absolute Gasteiger partial charge is 0.348 e. The molecule has 0 radical (unpaired) electrons. The average Bonchev–Trinajstić information content (AvgIpc) is 2.34. The molecule has 0 aliphatic rings. The fourth-order valence-electron chi connectivity index (χ4n) is 1.58. The second kappa shape index (κ2) is 6.04. The van der Waals surface area contributed by atoms with E-state index < -0.39 is 12.7 Å². The van der Waals surface area contributed by atoms with Gasteiger partial charge in [0.1, 0.15) is 12.4 Å². The third kappa shape index (κ3) is 4.18. The summed E-state index contributed by atoms with van der Waals surface area (Å²) in [5, 5.41) is 3.05. The van der Waals surface area contributed by atoms with Gasteiger partial charge in [0.15, 0.2) is 0 Å². The highest BCUT2D eigenvalue weighted by atomic mass is 19.4. The molecule has 18 heavy (non-hydrogen) atoms. The zero-order chi connectivity index (χ0) is 13.8. The lowest BCUT2D eigenvalue weighted by atomic mass is 10.1. The molecule has 3 nitrogen and oxygen atoms in total. The quantitative estimate of drug-likeness (QED) is 0.883. The molecule has 6 heteroatoms. The summed E-state index contributed by atoms with van der Waals surface area (Å²) < 4.78 is 37.1. The molecule has 1 unspecified atom stereocenters. The van der Waals surface area contributed by atoms with Gasteiger partial charge in [0.05, 0.1) is 0 Å². The number of rotatable bonds is 5. The van der Waals surface area contributed by atoms with Crippen LogP contribution in [0, 0.1) is 0 Å². The summed E-state index contributed by atoms with van der Waals surface area (Å²) in [5.41, 5.74) is 0.948. The van der Waals surface area contributed by atoms with Crippen LogP contribution < -0.4 is 10.2 Å². The molecule has 1 N–H and O–H groups in total. The molecule has 0 aliphatic heterocycles. The molecule has 0 saturated heterocycles. The lowest BCUT2D eigenvalue weighted by molar-refractivity contribution is -0.119. The van der Waals surface area contributed by atoms with Crippen LogP contribution >= 0.6 is 0 Å². The van der Waals surface area contributed by atoms with Crippen LogP contribution in [0.2, 0.25) is 0 Å². The van der Waals surface area contributed by atoms with Crippen molar-refractivity contribution < 1.29 is 13.2 Å². The number of hydrogen-bond acceptors (Lipinski definition) is 3. The normalized spacial score (nSPS) is 13.4.